The van der Waals surface area contributed by atoms with E-state index in [4.69, 9.17) is 0 Å². The lowest BCUT2D eigenvalue weighted by molar-refractivity contribution is -0.119. The fraction of sp³-hybridized carbons (Fsp3) is 0.562. The molecular weight excluding hydrogens is 236 g/mol. The summed E-state index contributed by atoms with van der Waals surface area (Å²) in [4.78, 5) is 14.5. The number of hydrogen-bond donors (Lipinski definition) is 1. The minimum Gasteiger partial charge on any atom is -0.310 e. The first-order valence-electron chi connectivity index (χ1n) is 6.91. The minimum absolute atomic E-state index is 0.0814. The normalized spacial score (nSPS) is 23.3. The van der Waals surface area contributed by atoms with Crippen molar-refractivity contribution in [2.45, 2.75) is 40.7 Å². The summed E-state index contributed by atoms with van der Waals surface area (Å²) in [6.07, 6.45) is 0. The number of rotatable bonds is 1. The van der Waals surface area contributed by atoms with Crippen molar-refractivity contribution in [3.63, 3.8) is 0 Å². The number of nitrogens with zero attached hydrogens (tertiary/aromatic N) is 1. The van der Waals surface area contributed by atoms with Gasteiger partial charge in [-0.3, -0.25) is 4.79 Å². The van der Waals surface area contributed by atoms with Crippen LogP contribution in [0, 0.1) is 19.3 Å². The molecule has 0 spiro atoms. The van der Waals surface area contributed by atoms with Gasteiger partial charge in [-0.2, -0.15) is 0 Å². The molecule has 104 valence electrons. The second-order valence-corrected chi connectivity index (χ2v) is 6.54. The minimum atomic E-state index is -0.123. The number of hydrogen-bond acceptors (Lipinski definition) is 2. The van der Waals surface area contributed by atoms with Crippen molar-refractivity contribution in [1.29, 1.82) is 0 Å². The molecule has 1 amide bonds. The van der Waals surface area contributed by atoms with Gasteiger partial charge in [0.25, 0.3) is 0 Å². The smallest absolute Gasteiger partial charge is 0.243 e. The van der Waals surface area contributed by atoms with E-state index in [1.807, 2.05) is 11.8 Å². The van der Waals surface area contributed by atoms with Crippen molar-refractivity contribution < 1.29 is 4.79 Å². The van der Waals surface area contributed by atoms with Crippen molar-refractivity contribution in [2.24, 2.45) is 5.41 Å². The van der Waals surface area contributed by atoms with E-state index < -0.39 is 0 Å². The lowest BCUT2D eigenvalue weighted by Gasteiger charge is -2.29. The molecule has 1 aromatic carbocycles. The van der Waals surface area contributed by atoms with Crippen molar-refractivity contribution in [2.75, 3.05) is 18.0 Å². The third-order valence-corrected chi connectivity index (χ3v) is 3.63. The Hall–Kier alpha value is -1.35. The number of aryl methyl sites for hydroxylation is 2. The third kappa shape index (κ3) is 3.16. The van der Waals surface area contributed by atoms with E-state index in [-0.39, 0.29) is 17.4 Å². The molecule has 1 saturated heterocycles. The van der Waals surface area contributed by atoms with Gasteiger partial charge in [-0.25, -0.2) is 0 Å². The molecule has 19 heavy (non-hydrogen) atoms. The Morgan fingerprint density at radius 2 is 1.79 bits per heavy atom. The van der Waals surface area contributed by atoms with Crippen LogP contribution < -0.4 is 10.2 Å². The summed E-state index contributed by atoms with van der Waals surface area (Å²) in [6, 6.07) is 6.21. The second kappa shape index (κ2) is 4.97. The van der Waals surface area contributed by atoms with Gasteiger partial charge in [-0.05, 0) is 49.4 Å². The molecule has 3 heteroatoms. The second-order valence-electron chi connectivity index (χ2n) is 6.54. The Morgan fingerprint density at radius 3 is 2.37 bits per heavy atom. The summed E-state index contributed by atoms with van der Waals surface area (Å²) in [5.41, 5.74) is 3.50. The van der Waals surface area contributed by atoms with Crippen molar-refractivity contribution in [3.8, 4) is 0 Å². The average molecular weight is 260 g/mol. The van der Waals surface area contributed by atoms with Crippen LogP contribution in [0.1, 0.15) is 31.9 Å². The Bertz CT molecular complexity index is 473. The number of anilines is 1. The topological polar surface area (TPSA) is 32.3 Å². The fourth-order valence-electron chi connectivity index (χ4n) is 2.64. The number of amides is 1. The van der Waals surface area contributed by atoms with E-state index in [1.54, 1.807) is 0 Å². The van der Waals surface area contributed by atoms with E-state index in [2.05, 4.69) is 51.2 Å². The lowest BCUT2D eigenvalue weighted by Crippen LogP contribution is -2.42. The van der Waals surface area contributed by atoms with Crippen molar-refractivity contribution >= 4 is 11.6 Å². The summed E-state index contributed by atoms with van der Waals surface area (Å²) < 4.78 is 0. The maximum atomic E-state index is 12.5. The van der Waals surface area contributed by atoms with Gasteiger partial charge in [0.2, 0.25) is 5.91 Å². The van der Waals surface area contributed by atoms with Crippen LogP contribution in [0.25, 0.3) is 0 Å². The highest BCUT2D eigenvalue weighted by Gasteiger charge is 2.33. The Labute approximate surface area is 116 Å². The Morgan fingerprint density at radius 1 is 1.21 bits per heavy atom. The molecule has 1 aliphatic rings. The SMILES string of the molecule is Cc1cc(C)cc(N2CC(C)(C)CNC(C)C2=O)c1. The standard InChI is InChI=1S/C16H24N2O/c1-11-6-12(2)8-14(7-11)18-10-16(4,5)9-17-13(3)15(18)19/h6-8,13,17H,9-10H2,1-5H3. The molecule has 1 heterocycles. The first-order chi connectivity index (χ1) is 8.78. The maximum absolute atomic E-state index is 12.5. The van der Waals surface area contributed by atoms with Crippen molar-refractivity contribution in [1.82, 2.24) is 5.32 Å². The predicted molar refractivity (Wildman–Crippen MR) is 79.5 cm³/mol. The van der Waals surface area contributed by atoms with Gasteiger partial charge in [0.05, 0.1) is 6.04 Å². The molecule has 1 atom stereocenters. The first-order valence-corrected chi connectivity index (χ1v) is 6.91. The molecule has 0 radical (unpaired) electrons. The van der Waals surface area contributed by atoms with Crippen LogP contribution in [0.4, 0.5) is 5.69 Å². The van der Waals surface area contributed by atoms with E-state index in [9.17, 15) is 4.79 Å². The predicted octanol–water partition coefficient (Wildman–Crippen LogP) is 2.65. The van der Waals surface area contributed by atoms with Gasteiger partial charge >= 0.3 is 0 Å². The Balaban J connectivity index is 2.41. The van der Waals surface area contributed by atoms with Gasteiger partial charge in [-0.1, -0.05) is 19.9 Å². The lowest BCUT2D eigenvalue weighted by atomic mass is 9.93. The fourth-order valence-corrected chi connectivity index (χ4v) is 2.64. The molecule has 1 fully saturated rings. The Kier molecular flexibility index (Phi) is 3.68. The highest BCUT2D eigenvalue weighted by atomic mass is 16.2. The summed E-state index contributed by atoms with van der Waals surface area (Å²) in [5, 5.41) is 3.32. The van der Waals surface area contributed by atoms with E-state index >= 15 is 0 Å². The first kappa shape index (κ1) is 14.1. The molecule has 0 bridgehead atoms. The monoisotopic (exact) mass is 260 g/mol. The van der Waals surface area contributed by atoms with E-state index in [1.165, 1.54) is 11.1 Å². The molecule has 0 aromatic heterocycles. The third-order valence-electron chi connectivity index (χ3n) is 3.63. The molecule has 3 nitrogen and oxygen atoms in total. The van der Waals surface area contributed by atoms with Gasteiger partial charge in [-0.15, -0.1) is 0 Å². The van der Waals surface area contributed by atoms with Crippen LogP contribution in [0.3, 0.4) is 0 Å². The summed E-state index contributed by atoms with van der Waals surface area (Å²) in [5.74, 6) is 0.163. The average Bonchev–Trinajstić information content (AvgIpc) is 2.40. The molecular formula is C16H24N2O. The molecule has 0 aliphatic carbocycles. The molecule has 1 aliphatic heterocycles. The number of carbonyl (C=O) groups excluding carboxylic acids is 1. The van der Waals surface area contributed by atoms with E-state index in [0.717, 1.165) is 18.8 Å². The maximum Gasteiger partial charge on any atom is 0.243 e. The number of carbonyl (C=O) groups is 1. The van der Waals surface area contributed by atoms with Crippen LogP contribution in [-0.4, -0.2) is 25.0 Å². The van der Waals surface area contributed by atoms with Crippen LogP contribution in [0.5, 0.6) is 0 Å². The van der Waals surface area contributed by atoms with Crippen LogP contribution in [0.15, 0.2) is 18.2 Å². The van der Waals surface area contributed by atoms with Gasteiger partial charge in [0, 0.05) is 18.8 Å². The van der Waals surface area contributed by atoms with E-state index in [0.29, 0.717) is 0 Å². The molecule has 2 rings (SSSR count). The molecule has 1 aromatic rings. The zero-order valence-electron chi connectivity index (χ0n) is 12.6. The van der Waals surface area contributed by atoms with Gasteiger partial charge in [0.1, 0.15) is 0 Å². The molecule has 1 N–H and O–H groups in total. The summed E-state index contributed by atoms with van der Waals surface area (Å²) >= 11 is 0. The highest BCUT2D eigenvalue weighted by Crippen LogP contribution is 2.26. The van der Waals surface area contributed by atoms with Crippen molar-refractivity contribution in [3.05, 3.63) is 29.3 Å². The van der Waals surface area contributed by atoms with Gasteiger partial charge < -0.3 is 10.2 Å². The highest BCUT2D eigenvalue weighted by molar-refractivity contribution is 5.97. The molecule has 0 saturated carbocycles. The summed E-state index contributed by atoms with van der Waals surface area (Å²) in [6.45, 7) is 12.1. The van der Waals surface area contributed by atoms with Crippen LogP contribution in [-0.2, 0) is 4.79 Å². The number of nitrogens with one attached hydrogen (secondary N) is 1. The summed E-state index contributed by atoms with van der Waals surface area (Å²) in [7, 11) is 0. The zero-order chi connectivity index (χ0) is 14.2. The zero-order valence-corrected chi connectivity index (χ0v) is 12.6. The van der Waals surface area contributed by atoms with Crippen LogP contribution in [0.2, 0.25) is 0 Å². The largest absolute Gasteiger partial charge is 0.310 e. The number of benzene rings is 1. The van der Waals surface area contributed by atoms with Gasteiger partial charge in [0.15, 0.2) is 0 Å². The quantitative estimate of drug-likeness (QED) is 0.842. The van der Waals surface area contributed by atoms with Crippen LogP contribution >= 0.6 is 0 Å². The molecule has 1 unspecified atom stereocenters.